The van der Waals surface area contributed by atoms with E-state index in [1.165, 1.54) is 25.3 Å². The average Bonchev–Trinajstić information content (AvgIpc) is 2.54. The van der Waals surface area contributed by atoms with Crippen LogP contribution in [0.5, 0.6) is 0 Å². The molecule has 3 N–H and O–H groups in total. The Labute approximate surface area is 136 Å². The van der Waals surface area contributed by atoms with Crippen LogP contribution in [0.1, 0.15) is 17.3 Å². The minimum absolute atomic E-state index is 0.176. The number of carbonyl (C=O) groups is 3. The summed E-state index contributed by atoms with van der Waals surface area (Å²) in [6.07, 6.45) is 1.39. The predicted molar refractivity (Wildman–Crippen MR) is 86.7 cm³/mol. The van der Waals surface area contributed by atoms with Crippen LogP contribution in [0.3, 0.4) is 0 Å². The van der Waals surface area contributed by atoms with Gasteiger partial charge < -0.3 is 20.4 Å². The van der Waals surface area contributed by atoms with Gasteiger partial charge >= 0.3 is 5.97 Å². The average molecular weight is 329 g/mol. The third-order valence-electron chi connectivity index (χ3n) is 2.86. The number of ether oxygens (including phenoxy) is 1. The van der Waals surface area contributed by atoms with Crippen molar-refractivity contribution in [3.8, 4) is 0 Å². The molecule has 1 aromatic heterocycles. The molecule has 0 saturated carbocycles. The van der Waals surface area contributed by atoms with Gasteiger partial charge in [0.05, 0.1) is 0 Å². The van der Waals surface area contributed by atoms with Crippen molar-refractivity contribution in [2.75, 3.05) is 17.2 Å². The zero-order valence-electron chi connectivity index (χ0n) is 12.8. The van der Waals surface area contributed by atoms with Crippen molar-refractivity contribution in [1.29, 1.82) is 0 Å². The number of hydrogen-bond donors (Lipinski definition) is 3. The summed E-state index contributed by atoms with van der Waals surface area (Å²) in [5.74, 6) is -1.63. The Morgan fingerprint density at radius 2 is 1.67 bits per heavy atom. The standard InChI is InChI=1S/C16H15N3O5/c1-10(20)18-11-4-6-12(7-5-11)19-14(21)9-24-16(23)13-3-2-8-17-15(13)22/h2-8H,9H2,1H3,(H,17,22)(H,18,20)(H,19,21). The van der Waals surface area contributed by atoms with Gasteiger partial charge in [-0.15, -0.1) is 0 Å². The number of benzene rings is 1. The lowest BCUT2D eigenvalue weighted by Crippen LogP contribution is -2.24. The number of aromatic nitrogens is 1. The predicted octanol–water partition coefficient (Wildman–Crippen LogP) is 1.13. The van der Waals surface area contributed by atoms with Crippen LogP contribution in [0, 0.1) is 0 Å². The highest BCUT2D eigenvalue weighted by atomic mass is 16.5. The molecule has 0 aliphatic heterocycles. The minimum atomic E-state index is -0.881. The van der Waals surface area contributed by atoms with Crippen LogP contribution in [0.2, 0.25) is 0 Å². The molecule has 24 heavy (non-hydrogen) atoms. The van der Waals surface area contributed by atoms with Crippen molar-refractivity contribution in [1.82, 2.24) is 4.98 Å². The van der Waals surface area contributed by atoms with Gasteiger partial charge in [-0.2, -0.15) is 0 Å². The van der Waals surface area contributed by atoms with Gasteiger partial charge in [0.2, 0.25) is 5.91 Å². The lowest BCUT2D eigenvalue weighted by atomic mass is 10.2. The molecule has 0 bridgehead atoms. The zero-order valence-corrected chi connectivity index (χ0v) is 12.8. The maximum Gasteiger partial charge on any atom is 0.344 e. The molecule has 0 aliphatic rings. The van der Waals surface area contributed by atoms with Crippen molar-refractivity contribution in [2.45, 2.75) is 6.92 Å². The van der Waals surface area contributed by atoms with Gasteiger partial charge in [-0.3, -0.25) is 14.4 Å². The molecule has 1 heterocycles. The summed E-state index contributed by atoms with van der Waals surface area (Å²) in [5.41, 5.74) is 0.305. The molecule has 0 spiro atoms. The first-order chi connectivity index (χ1) is 11.5. The summed E-state index contributed by atoms with van der Waals surface area (Å²) in [7, 11) is 0. The Kier molecular flexibility index (Phi) is 5.45. The lowest BCUT2D eigenvalue weighted by Gasteiger charge is -2.07. The summed E-state index contributed by atoms with van der Waals surface area (Å²) >= 11 is 0. The first kappa shape index (κ1) is 16.9. The minimum Gasteiger partial charge on any atom is -0.452 e. The Morgan fingerprint density at radius 3 is 2.25 bits per heavy atom. The number of esters is 1. The van der Waals surface area contributed by atoms with E-state index < -0.39 is 24.0 Å². The van der Waals surface area contributed by atoms with E-state index in [0.29, 0.717) is 11.4 Å². The Hall–Kier alpha value is -3.42. The van der Waals surface area contributed by atoms with E-state index >= 15 is 0 Å². The van der Waals surface area contributed by atoms with Gasteiger partial charge in [0.1, 0.15) is 5.56 Å². The van der Waals surface area contributed by atoms with E-state index in [1.807, 2.05) is 0 Å². The van der Waals surface area contributed by atoms with Crippen LogP contribution in [0.15, 0.2) is 47.4 Å². The summed E-state index contributed by atoms with van der Waals surface area (Å²) in [6.45, 7) is 0.864. The van der Waals surface area contributed by atoms with E-state index in [2.05, 4.69) is 15.6 Å². The smallest absolute Gasteiger partial charge is 0.344 e. The van der Waals surface area contributed by atoms with Crippen molar-refractivity contribution in [3.05, 3.63) is 58.5 Å². The van der Waals surface area contributed by atoms with E-state index in [-0.39, 0.29) is 11.5 Å². The molecular formula is C16H15N3O5. The fourth-order valence-electron chi connectivity index (χ4n) is 1.83. The van der Waals surface area contributed by atoms with Crippen molar-refractivity contribution < 1.29 is 19.1 Å². The first-order valence-electron chi connectivity index (χ1n) is 6.98. The third-order valence-corrected chi connectivity index (χ3v) is 2.86. The molecule has 0 aliphatic carbocycles. The van der Waals surface area contributed by atoms with Gasteiger partial charge in [0.25, 0.3) is 11.5 Å². The SMILES string of the molecule is CC(=O)Nc1ccc(NC(=O)COC(=O)c2ccc[nH]c2=O)cc1. The quantitative estimate of drug-likeness (QED) is 0.711. The van der Waals surface area contributed by atoms with E-state index in [9.17, 15) is 19.2 Å². The topological polar surface area (TPSA) is 117 Å². The monoisotopic (exact) mass is 329 g/mol. The molecule has 1 aromatic carbocycles. The normalized spacial score (nSPS) is 9.88. The highest BCUT2D eigenvalue weighted by Gasteiger charge is 2.13. The molecule has 0 saturated heterocycles. The second kappa shape index (κ2) is 7.73. The third kappa shape index (κ3) is 4.80. The molecule has 2 aromatic rings. The molecular weight excluding hydrogens is 314 g/mol. The molecule has 8 nitrogen and oxygen atoms in total. The fraction of sp³-hybridized carbons (Fsp3) is 0.125. The highest BCUT2D eigenvalue weighted by Crippen LogP contribution is 2.13. The van der Waals surface area contributed by atoms with Crippen LogP contribution in [0.25, 0.3) is 0 Å². The molecule has 0 atom stereocenters. The molecule has 8 heteroatoms. The largest absolute Gasteiger partial charge is 0.452 e. The van der Waals surface area contributed by atoms with Crippen LogP contribution >= 0.6 is 0 Å². The van der Waals surface area contributed by atoms with Gasteiger partial charge in [-0.05, 0) is 36.4 Å². The number of anilines is 2. The summed E-state index contributed by atoms with van der Waals surface area (Å²) in [6, 6.07) is 9.20. The summed E-state index contributed by atoms with van der Waals surface area (Å²) in [4.78, 5) is 48.1. The maximum atomic E-state index is 11.8. The number of aromatic amines is 1. The second-order valence-electron chi connectivity index (χ2n) is 4.80. The number of amides is 2. The molecule has 2 rings (SSSR count). The van der Waals surface area contributed by atoms with Crippen molar-refractivity contribution in [2.24, 2.45) is 0 Å². The van der Waals surface area contributed by atoms with E-state index in [4.69, 9.17) is 4.74 Å². The van der Waals surface area contributed by atoms with Gasteiger partial charge in [0.15, 0.2) is 6.61 Å². The molecule has 0 fully saturated rings. The Morgan fingerprint density at radius 1 is 1.04 bits per heavy atom. The number of hydrogen-bond acceptors (Lipinski definition) is 5. The van der Waals surface area contributed by atoms with Crippen LogP contribution in [-0.4, -0.2) is 29.4 Å². The van der Waals surface area contributed by atoms with Crippen LogP contribution in [0.4, 0.5) is 11.4 Å². The van der Waals surface area contributed by atoms with Crippen LogP contribution in [-0.2, 0) is 14.3 Å². The molecule has 2 amide bonds. The summed E-state index contributed by atoms with van der Waals surface area (Å²) < 4.78 is 4.79. The van der Waals surface area contributed by atoms with Crippen molar-refractivity contribution in [3.63, 3.8) is 0 Å². The van der Waals surface area contributed by atoms with Gasteiger partial charge in [-0.25, -0.2) is 4.79 Å². The molecule has 0 radical (unpaired) electrons. The Bertz CT molecular complexity index is 811. The summed E-state index contributed by atoms with van der Waals surface area (Å²) in [5, 5.41) is 5.12. The van der Waals surface area contributed by atoms with Crippen molar-refractivity contribution >= 4 is 29.2 Å². The number of pyridine rings is 1. The molecule has 124 valence electrons. The highest BCUT2D eigenvalue weighted by molar-refractivity contribution is 5.95. The number of rotatable bonds is 5. The number of H-pyrrole nitrogens is 1. The van der Waals surface area contributed by atoms with Gasteiger partial charge in [-0.1, -0.05) is 0 Å². The van der Waals surface area contributed by atoms with Gasteiger partial charge in [0, 0.05) is 24.5 Å². The molecule has 0 unspecified atom stereocenters. The van der Waals surface area contributed by atoms with Crippen LogP contribution < -0.4 is 16.2 Å². The fourth-order valence-corrected chi connectivity index (χ4v) is 1.83. The Balaban J connectivity index is 1.87. The maximum absolute atomic E-state index is 11.8. The lowest BCUT2D eigenvalue weighted by molar-refractivity contribution is -0.119. The van der Waals surface area contributed by atoms with E-state index in [0.717, 1.165) is 0 Å². The number of carbonyl (C=O) groups excluding carboxylic acids is 3. The zero-order chi connectivity index (χ0) is 17.5. The second-order valence-corrected chi connectivity index (χ2v) is 4.80. The number of nitrogens with one attached hydrogen (secondary N) is 3. The van der Waals surface area contributed by atoms with E-state index in [1.54, 1.807) is 24.3 Å². The first-order valence-corrected chi connectivity index (χ1v) is 6.98.